The van der Waals surface area contributed by atoms with Crippen molar-refractivity contribution < 1.29 is 30.5 Å². The summed E-state index contributed by atoms with van der Waals surface area (Å²) in [7, 11) is 0. The Bertz CT molecular complexity index is 523. The molecule has 0 radical (unpaired) electrons. The van der Waals surface area contributed by atoms with Gasteiger partial charge in [0, 0.05) is 0 Å². The van der Waals surface area contributed by atoms with E-state index in [0.717, 1.165) is 5.56 Å². The Kier molecular flexibility index (Phi) is 4.13. The third-order valence-electron chi connectivity index (χ3n) is 3.80. The molecule has 2 fully saturated rings. The Labute approximate surface area is 131 Å². The van der Waals surface area contributed by atoms with E-state index in [2.05, 4.69) is 0 Å². The van der Waals surface area contributed by atoms with Crippen LogP contribution in [-0.4, -0.2) is 53.3 Å². The summed E-state index contributed by atoms with van der Waals surface area (Å²) < 4.78 is 30.3. The van der Waals surface area contributed by atoms with Crippen molar-refractivity contribution in [3.8, 4) is 0 Å². The Hall–Kier alpha value is -1.02. The summed E-state index contributed by atoms with van der Waals surface area (Å²) in [5.41, 5.74) is 0.966. The lowest BCUT2D eigenvalue weighted by Gasteiger charge is -2.28. The van der Waals surface area contributed by atoms with E-state index >= 15 is 0 Å². The molecule has 0 saturated carbocycles. The highest BCUT2D eigenvalue weighted by Gasteiger charge is 2.56. The number of aliphatic hydroxyl groups excluding tert-OH is 2. The second-order valence-electron chi connectivity index (χ2n) is 5.97. The summed E-state index contributed by atoms with van der Waals surface area (Å²) in [5.74, 6) is -0.806. The quantitative estimate of drug-likeness (QED) is 0.838. The number of hydrogen-bond donors (Lipinski definition) is 2. The zero-order chi connectivity index (χ0) is 16.6. The molecule has 1 aromatic rings. The normalized spacial score (nSPS) is 36.6. The van der Waals surface area contributed by atoms with Gasteiger partial charge in [-0.05, 0) is 19.4 Å². The molecule has 0 unspecified atom stereocenters. The van der Waals surface area contributed by atoms with Gasteiger partial charge >= 0.3 is 0 Å². The van der Waals surface area contributed by atoms with Crippen LogP contribution in [0.25, 0.3) is 0 Å². The molecule has 0 aromatic heterocycles. The molecule has 6 atom stereocenters. The molecular weight excluding hydrogens is 288 g/mol. The lowest BCUT2D eigenvalue weighted by Crippen LogP contribution is -2.44. The minimum absolute atomic E-state index is 0.305. The average molecular weight is 311 g/mol. The highest BCUT2D eigenvalue weighted by atomic mass is 16.8. The van der Waals surface area contributed by atoms with Crippen LogP contribution in [0, 0.1) is 0 Å². The first-order valence-electron chi connectivity index (χ1n) is 7.90. The van der Waals surface area contributed by atoms with Gasteiger partial charge in [-0.1, -0.05) is 30.3 Å². The molecule has 22 heavy (non-hydrogen) atoms. The van der Waals surface area contributed by atoms with Gasteiger partial charge in [-0.25, -0.2) is 0 Å². The van der Waals surface area contributed by atoms with Gasteiger partial charge in [-0.2, -0.15) is 0 Å². The molecule has 0 aliphatic carbocycles. The van der Waals surface area contributed by atoms with Crippen molar-refractivity contribution in [2.24, 2.45) is 0 Å². The highest BCUT2D eigenvalue weighted by Crippen LogP contribution is 2.39. The molecule has 2 N–H and O–H groups in total. The molecule has 2 heterocycles. The highest BCUT2D eigenvalue weighted by molar-refractivity contribution is 5.13. The van der Waals surface area contributed by atoms with Crippen LogP contribution in [0.3, 0.4) is 0 Å². The van der Waals surface area contributed by atoms with Crippen LogP contribution < -0.4 is 0 Å². The van der Waals surface area contributed by atoms with Gasteiger partial charge in [-0.3, -0.25) is 0 Å². The molecule has 1 aromatic carbocycles. The van der Waals surface area contributed by atoms with Crippen molar-refractivity contribution in [1.29, 1.82) is 0 Å². The second kappa shape index (κ2) is 6.23. The molecule has 2 saturated heterocycles. The summed E-state index contributed by atoms with van der Waals surface area (Å²) in [5, 5.41) is 19.4. The Morgan fingerprint density at radius 1 is 1.32 bits per heavy atom. The van der Waals surface area contributed by atoms with E-state index in [-0.39, 0.29) is 0 Å². The fourth-order valence-electron chi connectivity index (χ4n) is 2.82. The maximum atomic E-state index is 10.0. The number of benzene rings is 1. The summed E-state index contributed by atoms with van der Waals surface area (Å²) in [6.45, 7) is 2.16. The molecule has 0 amide bonds. The minimum Gasteiger partial charge on any atom is -0.394 e. The third-order valence-corrected chi connectivity index (χ3v) is 3.80. The first-order chi connectivity index (χ1) is 10.9. The maximum Gasteiger partial charge on any atom is 0.190 e. The van der Waals surface area contributed by atoms with Crippen LogP contribution in [0.5, 0.6) is 0 Å². The van der Waals surface area contributed by atoms with E-state index in [9.17, 15) is 10.2 Å². The van der Waals surface area contributed by atoms with Crippen molar-refractivity contribution in [3.05, 3.63) is 35.9 Å². The summed E-state index contributed by atoms with van der Waals surface area (Å²) in [4.78, 5) is 0. The van der Waals surface area contributed by atoms with Crippen molar-refractivity contribution in [2.75, 3.05) is 6.58 Å². The molecule has 6 heteroatoms. The summed E-state index contributed by atoms with van der Waals surface area (Å²) >= 11 is 0. The van der Waals surface area contributed by atoms with E-state index in [4.69, 9.17) is 20.3 Å². The van der Waals surface area contributed by atoms with Gasteiger partial charge in [0.1, 0.15) is 24.4 Å². The lowest BCUT2D eigenvalue weighted by atomic mass is 10.1. The van der Waals surface area contributed by atoms with Crippen LogP contribution in [0.15, 0.2) is 30.3 Å². The molecule has 2 aliphatic heterocycles. The van der Waals surface area contributed by atoms with Crippen LogP contribution >= 0.6 is 0 Å². The van der Waals surface area contributed by atoms with E-state index in [1.807, 2.05) is 30.3 Å². The first kappa shape index (κ1) is 14.6. The van der Waals surface area contributed by atoms with Crippen molar-refractivity contribution in [3.63, 3.8) is 0 Å². The standard InChI is InChI=1S/C16H22O6/c1-16(2)21-14-13(19-9-10-6-4-3-5-7-10)12(11(18)8-17)20-15(14)22-16/h3-7,11-15,17-18H,8-9H2,1-2H3/t11-,12-,13+,14-,15-/m1/s1/i8D/t8-,11-,12-,13+,14-,15-. The van der Waals surface area contributed by atoms with Crippen molar-refractivity contribution in [1.82, 2.24) is 0 Å². The monoisotopic (exact) mass is 311 g/mol. The molecule has 3 rings (SSSR count). The van der Waals surface area contributed by atoms with E-state index in [1.165, 1.54) is 0 Å². The van der Waals surface area contributed by atoms with Gasteiger partial charge in [0.2, 0.25) is 0 Å². The van der Waals surface area contributed by atoms with E-state index in [1.54, 1.807) is 13.8 Å². The molecular formula is C16H22O6. The summed E-state index contributed by atoms with van der Waals surface area (Å²) in [6, 6.07) is 9.58. The van der Waals surface area contributed by atoms with Crippen molar-refractivity contribution >= 4 is 0 Å². The molecule has 122 valence electrons. The molecule has 0 spiro atoms. The van der Waals surface area contributed by atoms with Crippen LogP contribution in [-0.2, 0) is 25.6 Å². The number of aliphatic hydroxyl groups is 2. The van der Waals surface area contributed by atoms with Gasteiger partial charge in [0.05, 0.1) is 14.6 Å². The zero-order valence-electron chi connectivity index (χ0n) is 13.6. The second-order valence-corrected chi connectivity index (χ2v) is 5.97. The predicted molar refractivity (Wildman–Crippen MR) is 76.8 cm³/mol. The topological polar surface area (TPSA) is 77.4 Å². The van der Waals surface area contributed by atoms with Gasteiger partial charge in [-0.15, -0.1) is 0 Å². The predicted octanol–water partition coefficient (Wildman–Crippen LogP) is 0.801. The van der Waals surface area contributed by atoms with Gasteiger partial charge in [0.15, 0.2) is 12.1 Å². The van der Waals surface area contributed by atoms with Crippen molar-refractivity contribution in [2.45, 2.75) is 56.9 Å². The van der Waals surface area contributed by atoms with Gasteiger partial charge < -0.3 is 29.2 Å². The maximum absolute atomic E-state index is 10.0. The SMILES string of the molecule is [2H][C@@H](O)[C@@H](O)[C@H]1O[C@@H]2OC(C)(C)O[C@@H]2[C@H]1OCc1ccccc1. The minimum atomic E-state index is -1.69. The summed E-state index contributed by atoms with van der Waals surface area (Å²) in [6.07, 6.45) is -4.15. The number of fused-ring (bicyclic) bond motifs is 1. The molecule has 2 aliphatic rings. The lowest BCUT2D eigenvalue weighted by molar-refractivity contribution is -0.232. The fourth-order valence-corrected chi connectivity index (χ4v) is 2.82. The van der Waals surface area contributed by atoms with Gasteiger partial charge in [0.25, 0.3) is 0 Å². The van der Waals surface area contributed by atoms with E-state index in [0.29, 0.717) is 6.61 Å². The zero-order valence-corrected chi connectivity index (χ0v) is 12.6. The smallest absolute Gasteiger partial charge is 0.190 e. The number of rotatable bonds is 5. The van der Waals surface area contributed by atoms with E-state index < -0.39 is 43.1 Å². The molecule has 6 nitrogen and oxygen atoms in total. The number of ether oxygens (including phenoxy) is 4. The molecule has 0 bridgehead atoms. The largest absolute Gasteiger partial charge is 0.394 e. The number of hydrogen-bond acceptors (Lipinski definition) is 6. The van der Waals surface area contributed by atoms with Crippen LogP contribution in [0.2, 0.25) is 0 Å². The average Bonchev–Trinajstić information content (AvgIpc) is 2.97. The first-order valence-corrected chi connectivity index (χ1v) is 7.32. The van der Waals surface area contributed by atoms with Crippen LogP contribution in [0.1, 0.15) is 20.8 Å². The third kappa shape index (κ3) is 3.17. The Morgan fingerprint density at radius 3 is 2.73 bits per heavy atom. The Balaban J connectivity index is 1.73. The fraction of sp³-hybridized carbons (Fsp3) is 0.625. The Morgan fingerprint density at radius 2 is 2.05 bits per heavy atom. The van der Waals surface area contributed by atoms with Crippen LogP contribution in [0.4, 0.5) is 0 Å².